The number of amides is 2. The molecule has 1 aromatic carbocycles. The van der Waals surface area contributed by atoms with E-state index in [0.29, 0.717) is 24.9 Å². The number of nitrogens with zero attached hydrogens (tertiary/aromatic N) is 1. The van der Waals surface area contributed by atoms with E-state index in [2.05, 4.69) is 12.3 Å². The Morgan fingerprint density at radius 2 is 1.37 bits per heavy atom. The molecule has 1 aromatic rings. The van der Waals surface area contributed by atoms with Gasteiger partial charge in [-0.25, -0.2) is 5.01 Å². The van der Waals surface area contributed by atoms with Crippen molar-refractivity contribution in [1.82, 2.24) is 5.43 Å². The minimum absolute atomic E-state index is 0.140. The van der Waals surface area contributed by atoms with E-state index in [4.69, 9.17) is 0 Å². The molecule has 0 radical (unpaired) electrons. The zero-order chi connectivity index (χ0) is 22.2. The third kappa shape index (κ3) is 9.29. The van der Waals surface area contributed by atoms with Crippen molar-refractivity contribution in [2.75, 3.05) is 5.01 Å². The summed E-state index contributed by atoms with van der Waals surface area (Å²) >= 11 is 0. The maximum atomic E-state index is 13.1. The standard InChI is InChI=1S/C25H42N2O3/c1-4-7-10-11-12-16-19-23(28)27(22-17-14-13-15-18-22)26-24(29)25(30,20-8-5-2)21-9-6-3/h13-15,17-18,30H,4-12,16,19-21H2,1-3H3,(H,26,29). The predicted molar refractivity (Wildman–Crippen MR) is 124 cm³/mol. The first-order valence-corrected chi connectivity index (χ1v) is 11.9. The van der Waals surface area contributed by atoms with Gasteiger partial charge >= 0.3 is 0 Å². The number of rotatable bonds is 15. The highest BCUT2D eigenvalue weighted by Crippen LogP contribution is 2.23. The molecule has 0 spiro atoms. The molecule has 0 saturated heterocycles. The Kier molecular flexibility index (Phi) is 13.1. The highest BCUT2D eigenvalue weighted by Gasteiger charge is 2.36. The monoisotopic (exact) mass is 418 g/mol. The largest absolute Gasteiger partial charge is 0.380 e. The van der Waals surface area contributed by atoms with Crippen LogP contribution in [0.1, 0.15) is 104 Å². The molecule has 0 heterocycles. The van der Waals surface area contributed by atoms with Crippen molar-refractivity contribution in [2.45, 2.75) is 110 Å². The van der Waals surface area contributed by atoms with Crippen molar-refractivity contribution in [3.05, 3.63) is 30.3 Å². The highest BCUT2D eigenvalue weighted by atomic mass is 16.3. The molecular formula is C25H42N2O3. The van der Waals surface area contributed by atoms with Gasteiger partial charge in [0.1, 0.15) is 5.60 Å². The number of aliphatic hydroxyl groups is 1. The summed E-state index contributed by atoms with van der Waals surface area (Å²) in [6.45, 7) is 6.27. The minimum Gasteiger partial charge on any atom is -0.380 e. The van der Waals surface area contributed by atoms with Crippen LogP contribution in [0.2, 0.25) is 0 Å². The third-order valence-corrected chi connectivity index (χ3v) is 5.53. The molecule has 0 bridgehead atoms. The van der Waals surface area contributed by atoms with Crippen LogP contribution in [0.15, 0.2) is 30.3 Å². The van der Waals surface area contributed by atoms with Gasteiger partial charge in [0.25, 0.3) is 5.91 Å². The third-order valence-electron chi connectivity index (χ3n) is 5.53. The fourth-order valence-electron chi connectivity index (χ4n) is 3.51. The SMILES string of the molecule is CCCCCCCCC(=O)N(NC(=O)C(O)(CCCC)CCCC)c1ccccc1. The Morgan fingerprint density at radius 1 is 0.833 bits per heavy atom. The number of unbranched alkanes of at least 4 members (excludes halogenated alkanes) is 7. The molecule has 2 N–H and O–H groups in total. The number of nitrogens with one attached hydrogen (secondary N) is 1. The Labute approximate surface area is 183 Å². The summed E-state index contributed by atoms with van der Waals surface area (Å²) < 4.78 is 0. The predicted octanol–water partition coefficient (Wildman–Crippen LogP) is 5.91. The molecule has 2 amide bonds. The first-order valence-electron chi connectivity index (χ1n) is 11.9. The highest BCUT2D eigenvalue weighted by molar-refractivity contribution is 5.98. The van der Waals surface area contributed by atoms with E-state index in [1.54, 1.807) is 12.1 Å². The van der Waals surface area contributed by atoms with Crippen LogP contribution < -0.4 is 10.4 Å². The summed E-state index contributed by atoms with van der Waals surface area (Å²) in [5.74, 6) is -0.622. The van der Waals surface area contributed by atoms with Gasteiger partial charge in [-0.1, -0.05) is 96.8 Å². The summed E-state index contributed by atoms with van der Waals surface area (Å²) in [5.41, 5.74) is 1.92. The molecule has 30 heavy (non-hydrogen) atoms. The first kappa shape index (κ1) is 26.2. The summed E-state index contributed by atoms with van der Waals surface area (Å²) in [6.07, 6.45) is 11.1. The van der Waals surface area contributed by atoms with Gasteiger partial charge in [-0.2, -0.15) is 0 Å². The Balaban J connectivity index is 2.84. The number of hydrazine groups is 1. The molecule has 0 aliphatic heterocycles. The zero-order valence-electron chi connectivity index (χ0n) is 19.3. The maximum absolute atomic E-state index is 13.1. The summed E-state index contributed by atoms with van der Waals surface area (Å²) in [7, 11) is 0. The Morgan fingerprint density at radius 3 is 1.93 bits per heavy atom. The molecule has 5 nitrogen and oxygen atoms in total. The molecule has 0 saturated carbocycles. The molecule has 0 atom stereocenters. The van der Waals surface area contributed by atoms with Crippen molar-refractivity contribution >= 4 is 17.5 Å². The van der Waals surface area contributed by atoms with E-state index < -0.39 is 11.5 Å². The first-order chi connectivity index (χ1) is 14.5. The van der Waals surface area contributed by atoms with Gasteiger partial charge in [0.15, 0.2) is 0 Å². The van der Waals surface area contributed by atoms with Crippen molar-refractivity contribution in [1.29, 1.82) is 0 Å². The second-order valence-electron chi connectivity index (χ2n) is 8.26. The van der Waals surface area contributed by atoms with Gasteiger partial charge in [-0.3, -0.25) is 15.0 Å². The Bertz CT molecular complexity index is 596. The number of benzene rings is 1. The lowest BCUT2D eigenvalue weighted by atomic mass is 9.90. The fourth-order valence-corrected chi connectivity index (χ4v) is 3.51. The van der Waals surface area contributed by atoms with Gasteiger partial charge in [-0.15, -0.1) is 0 Å². The van der Waals surface area contributed by atoms with E-state index >= 15 is 0 Å². The van der Waals surface area contributed by atoms with Gasteiger partial charge in [0.2, 0.25) is 5.91 Å². The van der Waals surface area contributed by atoms with Crippen molar-refractivity contribution in [3.63, 3.8) is 0 Å². The summed E-state index contributed by atoms with van der Waals surface area (Å²) in [5, 5.41) is 12.4. The van der Waals surface area contributed by atoms with Gasteiger partial charge < -0.3 is 5.11 Å². The van der Waals surface area contributed by atoms with Crippen LogP contribution in [0.4, 0.5) is 5.69 Å². The number of anilines is 1. The zero-order valence-corrected chi connectivity index (χ0v) is 19.3. The Hall–Kier alpha value is -1.88. The lowest BCUT2D eigenvalue weighted by Crippen LogP contribution is -2.55. The molecule has 0 aliphatic rings. The van der Waals surface area contributed by atoms with Gasteiger partial charge in [0.05, 0.1) is 5.69 Å². The molecular weight excluding hydrogens is 376 g/mol. The van der Waals surface area contributed by atoms with Crippen molar-refractivity contribution in [2.24, 2.45) is 0 Å². The average molecular weight is 419 g/mol. The lowest BCUT2D eigenvalue weighted by Gasteiger charge is -2.31. The molecule has 0 aliphatic carbocycles. The molecule has 5 heteroatoms. The van der Waals surface area contributed by atoms with Crippen LogP contribution in [-0.2, 0) is 9.59 Å². The quantitative estimate of drug-likeness (QED) is 0.275. The minimum atomic E-state index is -1.44. The molecule has 170 valence electrons. The van der Waals surface area contributed by atoms with E-state index in [9.17, 15) is 14.7 Å². The van der Waals surface area contributed by atoms with Crippen LogP contribution in [0, 0.1) is 0 Å². The molecule has 1 rings (SSSR count). The summed E-state index contributed by atoms with van der Waals surface area (Å²) in [4.78, 5) is 26.0. The van der Waals surface area contributed by atoms with E-state index in [-0.39, 0.29) is 5.91 Å². The molecule has 0 fully saturated rings. The topological polar surface area (TPSA) is 69.6 Å². The van der Waals surface area contributed by atoms with Crippen LogP contribution in [0.3, 0.4) is 0 Å². The number of carbonyl (C=O) groups excluding carboxylic acids is 2. The van der Waals surface area contributed by atoms with Gasteiger partial charge in [0, 0.05) is 6.42 Å². The lowest BCUT2D eigenvalue weighted by molar-refractivity contribution is -0.143. The molecule has 0 unspecified atom stereocenters. The van der Waals surface area contributed by atoms with E-state index in [1.165, 1.54) is 24.3 Å². The summed E-state index contributed by atoms with van der Waals surface area (Å²) in [6, 6.07) is 9.16. The van der Waals surface area contributed by atoms with Crippen LogP contribution >= 0.6 is 0 Å². The van der Waals surface area contributed by atoms with Crippen LogP contribution in [0.25, 0.3) is 0 Å². The van der Waals surface area contributed by atoms with E-state index in [1.807, 2.05) is 32.0 Å². The number of para-hydroxylation sites is 1. The van der Waals surface area contributed by atoms with Gasteiger partial charge in [-0.05, 0) is 31.4 Å². The maximum Gasteiger partial charge on any atom is 0.270 e. The van der Waals surface area contributed by atoms with Crippen molar-refractivity contribution < 1.29 is 14.7 Å². The smallest absolute Gasteiger partial charge is 0.270 e. The molecule has 0 aromatic heterocycles. The normalized spacial score (nSPS) is 11.3. The number of hydrogen-bond acceptors (Lipinski definition) is 3. The fraction of sp³-hybridized carbons (Fsp3) is 0.680. The van der Waals surface area contributed by atoms with Crippen LogP contribution in [-0.4, -0.2) is 22.5 Å². The second-order valence-corrected chi connectivity index (χ2v) is 8.26. The van der Waals surface area contributed by atoms with Crippen LogP contribution in [0.5, 0.6) is 0 Å². The van der Waals surface area contributed by atoms with Crippen molar-refractivity contribution in [3.8, 4) is 0 Å². The average Bonchev–Trinajstić information content (AvgIpc) is 2.77. The van der Waals surface area contributed by atoms with E-state index in [0.717, 1.165) is 44.9 Å². The number of hydrogen-bond donors (Lipinski definition) is 2. The second kappa shape index (κ2) is 15.0. The number of carbonyl (C=O) groups is 2.